The fraction of sp³-hybridized carbons (Fsp3) is 0.889. The quantitative estimate of drug-likeness (QED) is 0.794. The first-order valence-corrected chi connectivity index (χ1v) is 8.87. The molecule has 1 aliphatic heterocycles. The number of nitrogens with one attached hydrogen (secondary N) is 1. The van der Waals surface area contributed by atoms with E-state index in [2.05, 4.69) is 17.5 Å². The summed E-state index contributed by atoms with van der Waals surface area (Å²) in [6.07, 6.45) is 15.5. The molecule has 0 radical (unpaired) electrons. The van der Waals surface area contributed by atoms with Gasteiger partial charge in [0, 0.05) is 6.54 Å². The molecule has 112 valence electrons. The molecule has 4 bridgehead atoms. The molecule has 4 saturated carbocycles. The summed E-state index contributed by atoms with van der Waals surface area (Å²) >= 11 is 0. The van der Waals surface area contributed by atoms with Crippen LogP contribution in [0.5, 0.6) is 0 Å². The predicted molar refractivity (Wildman–Crippen MR) is 81.5 cm³/mol. The largest absolute Gasteiger partial charge is 0.373 e. The van der Waals surface area contributed by atoms with Gasteiger partial charge in [-0.1, -0.05) is 12.2 Å². The smallest absolute Gasteiger partial charge is 0.0704 e. The molecule has 1 heterocycles. The number of hydrogen-bond acceptors (Lipinski definition) is 2. The average molecular weight is 275 g/mol. The van der Waals surface area contributed by atoms with Gasteiger partial charge in [0.1, 0.15) is 0 Å². The first-order valence-electron chi connectivity index (χ1n) is 8.87. The van der Waals surface area contributed by atoms with Gasteiger partial charge in [-0.15, -0.1) is 0 Å². The van der Waals surface area contributed by atoms with Crippen molar-refractivity contribution in [2.75, 3.05) is 19.7 Å². The van der Waals surface area contributed by atoms with E-state index in [1.165, 1.54) is 45.1 Å². The minimum atomic E-state index is 0.451. The van der Waals surface area contributed by atoms with Gasteiger partial charge in [-0.3, -0.25) is 0 Å². The maximum absolute atomic E-state index is 5.98. The maximum atomic E-state index is 5.98. The molecule has 2 nitrogen and oxygen atoms in total. The Kier molecular flexibility index (Phi) is 3.87. The standard InChI is InChI=1S/C18H29NO/c1-3-17(12-19-5-1)20-6-2-4-18-15-8-13-7-14(10-15)11-16(18)9-13/h2,4,13-19H,1,3,5-12H2/b4-2+. The maximum Gasteiger partial charge on any atom is 0.0704 e. The van der Waals surface area contributed by atoms with Crippen molar-refractivity contribution < 1.29 is 4.74 Å². The van der Waals surface area contributed by atoms with E-state index in [1.54, 1.807) is 6.42 Å². The Balaban J connectivity index is 1.27. The molecule has 1 N–H and O–H groups in total. The van der Waals surface area contributed by atoms with E-state index < -0.39 is 0 Å². The summed E-state index contributed by atoms with van der Waals surface area (Å²) in [7, 11) is 0. The van der Waals surface area contributed by atoms with Crippen LogP contribution >= 0.6 is 0 Å². The van der Waals surface area contributed by atoms with Crippen LogP contribution in [-0.4, -0.2) is 25.8 Å². The van der Waals surface area contributed by atoms with E-state index in [1.807, 2.05) is 0 Å². The Hall–Kier alpha value is -0.340. The van der Waals surface area contributed by atoms with Gasteiger partial charge in [0.15, 0.2) is 0 Å². The molecule has 5 fully saturated rings. The zero-order valence-corrected chi connectivity index (χ0v) is 12.6. The summed E-state index contributed by atoms with van der Waals surface area (Å²) in [6.45, 7) is 3.05. The van der Waals surface area contributed by atoms with Gasteiger partial charge in [-0.05, 0) is 81.1 Å². The fourth-order valence-electron chi connectivity index (χ4n) is 5.65. The molecule has 1 atom stereocenters. The lowest BCUT2D eigenvalue weighted by Gasteiger charge is -2.53. The molecule has 4 aliphatic carbocycles. The molecule has 0 spiro atoms. The van der Waals surface area contributed by atoms with E-state index in [-0.39, 0.29) is 0 Å². The molecular formula is C18H29NO. The van der Waals surface area contributed by atoms with Crippen LogP contribution in [0.2, 0.25) is 0 Å². The zero-order chi connectivity index (χ0) is 13.4. The molecule has 0 aromatic heterocycles. The minimum absolute atomic E-state index is 0.451. The number of allylic oxidation sites excluding steroid dienone is 1. The van der Waals surface area contributed by atoms with Gasteiger partial charge in [0.25, 0.3) is 0 Å². The molecule has 2 heteroatoms. The van der Waals surface area contributed by atoms with Crippen LogP contribution < -0.4 is 5.32 Å². The van der Waals surface area contributed by atoms with Gasteiger partial charge in [-0.2, -0.15) is 0 Å². The molecular weight excluding hydrogens is 246 g/mol. The van der Waals surface area contributed by atoms with Crippen LogP contribution in [0.1, 0.15) is 44.9 Å². The SMILES string of the molecule is C(=C\C1C2CC3CC(C2)CC1C3)/COC1CCCNC1. The highest BCUT2D eigenvalue weighted by Gasteiger charge is 2.46. The van der Waals surface area contributed by atoms with Crippen molar-refractivity contribution in [1.82, 2.24) is 5.32 Å². The van der Waals surface area contributed by atoms with E-state index >= 15 is 0 Å². The van der Waals surface area contributed by atoms with Gasteiger partial charge in [0.05, 0.1) is 12.7 Å². The van der Waals surface area contributed by atoms with Crippen LogP contribution in [-0.2, 0) is 4.74 Å². The van der Waals surface area contributed by atoms with Gasteiger partial charge < -0.3 is 10.1 Å². The predicted octanol–water partition coefficient (Wildman–Crippen LogP) is 3.38. The normalized spacial score (nSPS) is 47.2. The molecule has 20 heavy (non-hydrogen) atoms. The summed E-state index contributed by atoms with van der Waals surface area (Å²) in [5.74, 6) is 5.09. The van der Waals surface area contributed by atoms with Crippen LogP contribution in [0.15, 0.2) is 12.2 Å². The summed E-state index contributed by atoms with van der Waals surface area (Å²) in [5.41, 5.74) is 0. The van der Waals surface area contributed by atoms with E-state index in [0.29, 0.717) is 6.10 Å². The van der Waals surface area contributed by atoms with Crippen LogP contribution in [0, 0.1) is 29.6 Å². The number of piperidine rings is 1. The van der Waals surface area contributed by atoms with Crippen LogP contribution in [0.3, 0.4) is 0 Å². The van der Waals surface area contributed by atoms with E-state index in [9.17, 15) is 0 Å². The Labute approximate surface area is 123 Å². The molecule has 0 aromatic carbocycles. The Morgan fingerprint density at radius 2 is 1.75 bits per heavy atom. The Morgan fingerprint density at radius 3 is 2.40 bits per heavy atom. The van der Waals surface area contributed by atoms with Gasteiger partial charge >= 0.3 is 0 Å². The third-order valence-electron chi connectivity index (χ3n) is 6.34. The molecule has 0 aromatic rings. The van der Waals surface area contributed by atoms with E-state index in [0.717, 1.165) is 42.7 Å². The van der Waals surface area contributed by atoms with Crippen molar-refractivity contribution in [3.05, 3.63) is 12.2 Å². The highest BCUT2D eigenvalue weighted by atomic mass is 16.5. The summed E-state index contributed by atoms with van der Waals surface area (Å²) in [4.78, 5) is 0. The lowest BCUT2D eigenvalue weighted by molar-refractivity contribution is -0.0166. The molecule has 1 unspecified atom stereocenters. The molecule has 0 amide bonds. The van der Waals surface area contributed by atoms with Crippen molar-refractivity contribution in [1.29, 1.82) is 0 Å². The van der Waals surface area contributed by atoms with Crippen molar-refractivity contribution in [2.24, 2.45) is 29.6 Å². The number of hydrogen-bond donors (Lipinski definition) is 1. The molecule has 5 rings (SSSR count). The van der Waals surface area contributed by atoms with Crippen molar-refractivity contribution in [2.45, 2.75) is 51.0 Å². The minimum Gasteiger partial charge on any atom is -0.373 e. The second-order valence-electron chi connectivity index (χ2n) is 7.74. The lowest BCUT2D eigenvalue weighted by atomic mass is 9.52. The summed E-state index contributed by atoms with van der Waals surface area (Å²) in [6, 6.07) is 0. The van der Waals surface area contributed by atoms with Crippen LogP contribution in [0.4, 0.5) is 0 Å². The zero-order valence-electron chi connectivity index (χ0n) is 12.6. The van der Waals surface area contributed by atoms with Crippen molar-refractivity contribution in [3.63, 3.8) is 0 Å². The summed E-state index contributed by atoms with van der Waals surface area (Å²) in [5, 5.41) is 3.42. The monoisotopic (exact) mass is 275 g/mol. The second kappa shape index (κ2) is 5.81. The van der Waals surface area contributed by atoms with Crippen molar-refractivity contribution >= 4 is 0 Å². The number of rotatable bonds is 4. The lowest BCUT2D eigenvalue weighted by Crippen LogP contribution is -2.44. The fourth-order valence-corrected chi connectivity index (χ4v) is 5.65. The molecule has 1 saturated heterocycles. The average Bonchev–Trinajstić information content (AvgIpc) is 2.46. The topological polar surface area (TPSA) is 21.3 Å². The van der Waals surface area contributed by atoms with Gasteiger partial charge in [0.2, 0.25) is 0 Å². The third kappa shape index (κ3) is 2.69. The van der Waals surface area contributed by atoms with Crippen molar-refractivity contribution in [3.8, 4) is 0 Å². The summed E-state index contributed by atoms with van der Waals surface area (Å²) < 4.78 is 5.98. The van der Waals surface area contributed by atoms with Crippen LogP contribution in [0.25, 0.3) is 0 Å². The first-order chi connectivity index (χ1) is 9.88. The highest BCUT2D eigenvalue weighted by molar-refractivity contribution is 5.05. The van der Waals surface area contributed by atoms with E-state index in [4.69, 9.17) is 4.74 Å². The third-order valence-corrected chi connectivity index (χ3v) is 6.34. The second-order valence-corrected chi connectivity index (χ2v) is 7.74. The first kappa shape index (κ1) is 13.3. The Bertz CT molecular complexity index is 330. The number of ether oxygens (including phenoxy) is 1. The Morgan fingerprint density at radius 1 is 1.00 bits per heavy atom. The molecule has 5 aliphatic rings. The highest BCUT2D eigenvalue weighted by Crippen LogP contribution is 2.56. The van der Waals surface area contributed by atoms with Gasteiger partial charge in [-0.25, -0.2) is 0 Å².